The van der Waals surface area contributed by atoms with Crippen molar-refractivity contribution >= 4 is 22.9 Å². The summed E-state index contributed by atoms with van der Waals surface area (Å²) in [6.07, 6.45) is 5.46. The molecule has 90 valence electrons. The minimum absolute atomic E-state index is 0.785. The standard InChI is InChI=1S/C11H18ClN3S/c12-10-7-14-11(16-10)8-15-5-2-9(1-4-13)3-6-15/h7,9H,1-6,8,13H2. The highest BCUT2D eigenvalue weighted by Gasteiger charge is 2.19. The van der Waals surface area contributed by atoms with Crippen LogP contribution in [0.4, 0.5) is 0 Å². The first-order valence-electron chi connectivity index (χ1n) is 5.80. The molecule has 0 amide bonds. The number of hydrogen-bond acceptors (Lipinski definition) is 4. The monoisotopic (exact) mass is 259 g/mol. The second-order valence-electron chi connectivity index (χ2n) is 4.35. The van der Waals surface area contributed by atoms with E-state index in [1.807, 2.05) is 0 Å². The van der Waals surface area contributed by atoms with Crippen molar-refractivity contribution in [3.05, 3.63) is 15.5 Å². The van der Waals surface area contributed by atoms with Crippen molar-refractivity contribution < 1.29 is 0 Å². The Bertz CT molecular complexity index is 321. The summed E-state index contributed by atoms with van der Waals surface area (Å²) in [4.78, 5) is 6.75. The van der Waals surface area contributed by atoms with Gasteiger partial charge in [-0.2, -0.15) is 0 Å². The molecular weight excluding hydrogens is 242 g/mol. The quantitative estimate of drug-likeness (QED) is 0.903. The molecule has 2 N–H and O–H groups in total. The number of halogens is 1. The summed E-state index contributed by atoms with van der Waals surface area (Å²) in [5.74, 6) is 0.834. The molecule has 1 fully saturated rings. The molecule has 1 aromatic rings. The first kappa shape index (κ1) is 12.3. The highest BCUT2D eigenvalue weighted by atomic mass is 35.5. The molecule has 1 aliphatic rings. The molecule has 0 unspecified atom stereocenters. The Hall–Kier alpha value is -0.160. The van der Waals surface area contributed by atoms with Gasteiger partial charge < -0.3 is 5.73 Å². The van der Waals surface area contributed by atoms with Gasteiger partial charge in [-0.15, -0.1) is 11.3 Å². The number of thiazole rings is 1. The Labute approximate surface area is 106 Å². The molecule has 1 aliphatic heterocycles. The van der Waals surface area contributed by atoms with E-state index in [0.717, 1.165) is 28.4 Å². The Morgan fingerprint density at radius 2 is 2.25 bits per heavy atom. The number of aromatic nitrogens is 1. The van der Waals surface area contributed by atoms with Gasteiger partial charge in [0, 0.05) is 0 Å². The lowest BCUT2D eigenvalue weighted by Crippen LogP contribution is -2.33. The topological polar surface area (TPSA) is 42.1 Å². The van der Waals surface area contributed by atoms with Gasteiger partial charge in [0.15, 0.2) is 0 Å². The zero-order valence-corrected chi connectivity index (χ0v) is 10.9. The molecule has 2 rings (SSSR count). The third-order valence-corrected chi connectivity index (χ3v) is 4.27. The molecule has 2 heterocycles. The van der Waals surface area contributed by atoms with Crippen LogP contribution in [-0.4, -0.2) is 29.5 Å². The van der Waals surface area contributed by atoms with Crippen LogP contribution in [0.2, 0.25) is 4.34 Å². The zero-order chi connectivity index (χ0) is 11.4. The molecular formula is C11H18ClN3S. The van der Waals surface area contributed by atoms with Gasteiger partial charge in [-0.1, -0.05) is 11.6 Å². The number of piperidine rings is 1. The summed E-state index contributed by atoms with van der Waals surface area (Å²) in [5.41, 5.74) is 5.58. The van der Waals surface area contributed by atoms with Crippen molar-refractivity contribution in [3.8, 4) is 0 Å². The van der Waals surface area contributed by atoms with Crippen LogP contribution >= 0.6 is 22.9 Å². The van der Waals surface area contributed by atoms with Gasteiger partial charge in [0.2, 0.25) is 0 Å². The van der Waals surface area contributed by atoms with Crippen LogP contribution in [0, 0.1) is 5.92 Å². The highest BCUT2D eigenvalue weighted by Crippen LogP contribution is 2.24. The van der Waals surface area contributed by atoms with Crippen LogP contribution in [0.25, 0.3) is 0 Å². The lowest BCUT2D eigenvalue weighted by atomic mass is 9.94. The van der Waals surface area contributed by atoms with E-state index in [-0.39, 0.29) is 0 Å². The minimum Gasteiger partial charge on any atom is -0.330 e. The van der Waals surface area contributed by atoms with Crippen molar-refractivity contribution in [2.45, 2.75) is 25.8 Å². The SMILES string of the molecule is NCCC1CCN(Cc2ncc(Cl)s2)CC1. The molecule has 0 radical (unpaired) electrons. The van der Waals surface area contributed by atoms with E-state index in [4.69, 9.17) is 17.3 Å². The summed E-state index contributed by atoms with van der Waals surface area (Å²) >= 11 is 7.45. The lowest BCUT2D eigenvalue weighted by Gasteiger charge is -2.31. The minimum atomic E-state index is 0.785. The van der Waals surface area contributed by atoms with E-state index in [2.05, 4.69) is 9.88 Å². The number of likely N-dealkylation sites (tertiary alicyclic amines) is 1. The van der Waals surface area contributed by atoms with Gasteiger partial charge >= 0.3 is 0 Å². The van der Waals surface area contributed by atoms with Gasteiger partial charge in [0.1, 0.15) is 9.34 Å². The Kier molecular flexibility index (Phi) is 4.58. The number of hydrogen-bond donors (Lipinski definition) is 1. The van der Waals surface area contributed by atoms with Gasteiger partial charge in [0.05, 0.1) is 12.7 Å². The highest BCUT2D eigenvalue weighted by molar-refractivity contribution is 7.15. The lowest BCUT2D eigenvalue weighted by molar-refractivity contribution is 0.173. The van der Waals surface area contributed by atoms with E-state index in [9.17, 15) is 0 Å². The number of rotatable bonds is 4. The second kappa shape index (κ2) is 5.96. The third kappa shape index (κ3) is 3.42. The van der Waals surface area contributed by atoms with Crippen molar-refractivity contribution in [3.63, 3.8) is 0 Å². The smallest absolute Gasteiger partial charge is 0.113 e. The normalized spacial score (nSPS) is 19.1. The summed E-state index contributed by atoms with van der Waals surface area (Å²) in [5, 5.41) is 1.13. The van der Waals surface area contributed by atoms with Crippen LogP contribution in [0.3, 0.4) is 0 Å². The van der Waals surface area contributed by atoms with Crippen LogP contribution in [0.15, 0.2) is 6.20 Å². The average Bonchev–Trinajstić information content (AvgIpc) is 2.67. The van der Waals surface area contributed by atoms with Crippen molar-refractivity contribution in [1.29, 1.82) is 0 Å². The number of nitrogens with two attached hydrogens (primary N) is 1. The molecule has 16 heavy (non-hydrogen) atoms. The van der Waals surface area contributed by atoms with Crippen LogP contribution in [0.5, 0.6) is 0 Å². The predicted molar refractivity (Wildman–Crippen MR) is 68.8 cm³/mol. The van der Waals surface area contributed by atoms with Crippen LogP contribution in [0.1, 0.15) is 24.3 Å². The fourth-order valence-corrected chi connectivity index (χ4v) is 3.22. The summed E-state index contributed by atoms with van der Waals surface area (Å²) in [7, 11) is 0. The fraction of sp³-hybridized carbons (Fsp3) is 0.727. The first-order chi connectivity index (χ1) is 7.78. The van der Waals surface area contributed by atoms with Gasteiger partial charge in [-0.05, 0) is 44.8 Å². The first-order valence-corrected chi connectivity index (χ1v) is 7.00. The summed E-state index contributed by atoms with van der Waals surface area (Å²) < 4.78 is 0.785. The van der Waals surface area contributed by atoms with Crippen molar-refractivity contribution in [2.24, 2.45) is 11.7 Å². The van der Waals surface area contributed by atoms with E-state index in [0.29, 0.717) is 0 Å². The molecule has 0 bridgehead atoms. The summed E-state index contributed by atoms with van der Waals surface area (Å²) in [6, 6.07) is 0. The molecule has 3 nitrogen and oxygen atoms in total. The second-order valence-corrected chi connectivity index (χ2v) is 6.10. The van der Waals surface area contributed by atoms with Gasteiger partial charge in [-0.25, -0.2) is 4.98 Å². The number of nitrogens with zero attached hydrogens (tertiary/aromatic N) is 2. The van der Waals surface area contributed by atoms with Crippen molar-refractivity contribution in [2.75, 3.05) is 19.6 Å². The molecule has 1 aromatic heterocycles. The Morgan fingerprint density at radius 3 is 2.81 bits per heavy atom. The van der Waals surface area contributed by atoms with Crippen LogP contribution in [-0.2, 0) is 6.54 Å². The largest absolute Gasteiger partial charge is 0.330 e. The fourth-order valence-electron chi connectivity index (χ4n) is 2.22. The van der Waals surface area contributed by atoms with Crippen LogP contribution < -0.4 is 5.73 Å². The molecule has 0 aromatic carbocycles. The van der Waals surface area contributed by atoms with E-state index < -0.39 is 0 Å². The third-order valence-electron chi connectivity index (χ3n) is 3.17. The molecule has 5 heteroatoms. The van der Waals surface area contributed by atoms with Gasteiger partial charge in [0.25, 0.3) is 0 Å². The molecule has 0 spiro atoms. The van der Waals surface area contributed by atoms with E-state index in [1.54, 1.807) is 17.5 Å². The maximum Gasteiger partial charge on any atom is 0.113 e. The van der Waals surface area contributed by atoms with Crippen molar-refractivity contribution in [1.82, 2.24) is 9.88 Å². The average molecular weight is 260 g/mol. The van der Waals surface area contributed by atoms with E-state index >= 15 is 0 Å². The predicted octanol–water partition coefficient (Wildman–Crippen LogP) is 2.36. The van der Waals surface area contributed by atoms with Gasteiger partial charge in [-0.3, -0.25) is 4.90 Å². The van der Waals surface area contributed by atoms with E-state index in [1.165, 1.54) is 32.4 Å². The molecule has 0 atom stereocenters. The molecule has 1 saturated heterocycles. The summed E-state index contributed by atoms with van der Waals surface area (Å²) in [6.45, 7) is 4.11. The Balaban J connectivity index is 1.77. The molecule has 0 aliphatic carbocycles. The molecule has 0 saturated carbocycles. The Morgan fingerprint density at radius 1 is 1.50 bits per heavy atom. The zero-order valence-electron chi connectivity index (χ0n) is 9.36. The maximum absolute atomic E-state index is 5.87. The maximum atomic E-state index is 5.87.